The van der Waals surface area contributed by atoms with Gasteiger partial charge in [0.25, 0.3) is 5.88 Å². The fourth-order valence-corrected chi connectivity index (χ4v) is 3.03. The van der Waals surface area contributed by atoms with Gasteiger partial charge in [0.2, 0.25) is 0 Å². The molecule has 0 saturated heterocycles. The van der Waals surface area contributed by atoms with E-state index in [0.29, 0.717) is 31.3 Å². The van der Waals surface area contributed by atoms with E-state index in [-0.39, 0.29) is 12.6 Å². The molecule has 1 aliphatic heterocycles. The summed E-state index contributed by atoms with van der Waals surface area (Å²) in [5.41, 5.74) is 1.23. The van der Waals surface area contributed by atoms with Gasteiger partial charge in [0.1, 0.15) is 12.7 Å². The van der Waals surface area contributed by atoms with Crippen molar-refractivity contribution in [3.8, 4) is 11.6 Å². The normalized spacial score (nSPS) is 15.7. The quantitative estimate of drug-likeness (QED) is 0.616. The highest BCUT2D eigenvalue weighted by atomic mass is 16.6. The lowest BCUT2D eigenvalue weighted by molar-refractivity contribution is -0.135. The summed E-state index contributed by atoms with van der Waals surface area (Å²) in [6.45, 7) is 3.47. The Bertz CT molecular complexity index is 726. The minimum atomic E-state index is -0.838. The van der Waals surface area contributed by atoms with Gasteiger partial charge in [-0.15, -0.1) is 0 Å². The summed E-state index contributed by atoms with van der Waals surface area (Å²) >= 11 is 0. The van der Waals surface area contributed by atoms with Crippen molar-refractivity contribution in [2.75, 3.05) is 32.8 Å². The van der Waals surface area contributed by atoms with Crippen molar-refractivity contribution in [3.05, 3.63) is 54.2 Å². The lowest BCUT2D eigenvalue weighted by Gasteiger charge is -2.30. The molecule has 1 atom stereocenters. The Balaban J connectivity index is 1.55. The third-order valence-electron chi connectivity index (χ3n) is 4.25. The second-order valence-electron chi connectivity index (χ2n) is 6.50. The van der Waals surface area contributed by atoms with Crippen molar-refractivity contribution in [2.45, 2.75) is 19.1 Å². The highest BCUT2D eigenvalue weighted by Crippen LogP contribution is 2.28. The molecule has 0 saturated carbocycles. The number of rotatable bonds is 10. The Morgan fingerprint density at radius 2 is 2.11 bits per heavy atom. The Hall–Kier alpha value is -2.64. The number of aromatic nitrogens is 1. The molecule has 0 spiro atoms. The second kappa shape index (κ2) is 9.89. The summed E-state index contributed by atoms with van der Waals surface area (Å²) in [6, 6.07) is 14.0. The third-order valence-corrected chi connectivity index (χ3v) is 4.25. The van der Waals surface area contributed by atoms with Gasteiger partial charge in [-0.3, -0.25) is 9.69 Å². The Kier molecular flexibility index (Phi) is 7.01. The van der Waals surface area contributed by atoms with Crippen molar-refractivity contribution in [1.82, 2.24) is 15.2 Å². The number of benzene rings is 1. The van der Waals surface area contributed by atoms with Crippen molar-refractivity contribution in [1.29, 1.82) is 0 Å². The molecule has 2 heterocycles. The fourth-order valence-electron chi connectivity index (χ4n) is 3.03. The Morgan fingerprint density at radius 3 is 2.93 bits per heavy atom. The predicted molar refractivity (Wildman–Crippen MR) is 101 cm³/mol. The summed E-state index contributed by atoms with van der Waals surface area (Å²) in [4.78, 5) is 17.1. The lowest BCUT2D eigenvalue weighted by atomic mass is 10.2. The maximum atomic E-state index is 10.6. The number of carbonyl (C=O) groups is 1. The van der Waals surface area contributed by atoms with Gasteiger partial charge >= 0.3 is 5.97 Å². The number of fused-ring (bicyclic) bond motifs is 1. The van der Waals surface area contributed by atoms with E-state index in [1.54, 1.807) is 6.20 Å². The molecule has 0 amide bonds. The average molecular weight is 371 g/mol. The maximum Gasteiger partial charge on any atom is 0.317 e. The molecule has 0 radical (unpaired) electrons. The Morgan fingerprint density at radius 1 is 1.26 bits per heavy atom. The van der Waals surface area contributed by atoms with Crippen LogP contribution in [0.1, 0.15) is 12.0 Å². The summed E-state index contributed by atoms with van der Waals surface area (Å²) in [7, 11) is 0. The smallest absolute Gasteiger partial charge is 0.317 e. The number of pyridine rings is 1. The van der Waals surface area contributed by atoms with Gasteiger partial charge < -0.3 is 19.9 Å². The molecule has 3 rings (SSSR count). The van der Waals surface area contributed by atoms with Crippen LogP contribution in [0, 0.1) is 0 Å². The molecule has 7 nitrogen and oxygen atoms in total. The van der Waals surface area contributed by atoms with Crippen LogP contribution >= 0.6 is 0 Å². The Labute approximate surface area is 158 Å². The molecule has 1 aromatic heterocycles. The maximum absolute atomic E-state index is 10.6. The van der Waals surface area contributed by atoms with Gasteiger partial charge in [0, 0.05) is 19.3 Å². The molecular weight excluding hydrogens is 346 g/mol. The first-order valence-corrected chi connectivity index (χ1v) is 9.14. The van der Waals surface area contributed by atoms with Gasteiger partial charge in [-0.2, -0.15) is 0 Å². The first kappa shape index (κ1) is 19.1. The lowest BCUT2D eigenvalue weighted by Crippen LogP contribution is -2.41. The van der Waals surface area contributed by atoms with Gasteiger partial charge in [-0.05, 0) is 37.2 Å². The van der Waals surface area contributed by atoms with E-state index in [2.05, 4.69) is 27.3 Å². The third kappa shape index (κ3) is 6.23. The van der Waals surface area contributed by atoms with E-state index in [0.717, 1.165) is 19.5 Å². The van der Waals surface area contributed by atoms with Crippen LogP contribution in [-0.4, -0.2) is 59.8 Å². The van der Waals surface area contributed by atoms with Crippen LogP contribution in [0.2, 0.25) is 0 Å². The zero-order valence-electron chi connectivity index (χ0n) is 15.2. The highest BCUT2D eigenvalue weighted by Gasteiger charge is 2.24. The number of carboxylic acids is 1. The number of hydrogen-bond acceptors (Lipinski definition) is 6. The first-order chi connectivity index (χ1) is 13.2. The van der Waals surface area contributed by atoms with Crippen LogP contribution in [0.25, 0.3) is 0 Å². The molecule has 2 N–H and O–H groups in total. The van der Waals surface area contributed by atoms with Crippen molar-refractivity contribution >= 4 is 5.97 Å². The monoisotopic (exact) mass is 371 g/mol. The SMILES string of the molecule is O=C(O)CNCCCN(Cc1ccccc1)CC1COc2cccnc2O1. The number of carboxylic acid groups (broad SMARTS) is 1. The van der Waals surface area contributed by atoms with E-state index in [1.807, 2.05) is 30.3 Å². The topological polar surface area (TPSA) is 83.9 Å². The number of hydrogen-bond donors (Lipinski definition) is 2. The molecule has 1 aliphatic rings. The number of aliphatic carboxylic acids is 1. The summed E-state index contributed by atoms with van der Waals surface area (Å²) < 4.78 is 11.8. The van der Waals surface area contributed by atoms with Crippen LogP contribution in [0.3, 0.4) is 0 Å². The molecule has 7 heteroatoms. The van der Waals surface area contributed by atoms with Crippen LogP contribution in [0.15, 0.2) is 48.7 Å². The molecule has 0 bridgehead atoms. The van der Waals surface area contributed by atoms with Crippen LogP contribution in [0.4, 0.5) is 0 Å². The van der Waals surface area contributed by atoms with Gasteiger partial charge in [-0.25, -0.2) is 4.98 Å². The number of nitrogens with zero attached hydrogens (tertiary/aromatic N) is 2. The van der Waals surface area contributed by atoms with E-state index < -0.39 is 5.97 Å². The van der Waals surface area contributed by atoms with E-state index in [1.165, 1.54) is 5.56 Å². The van der Waals surface area contributed by atoms with E-state index >= 15 is 0 Å². The van der Waals surface area contributed by atoms with Crippen molar-refractivity contribution in [2.24, 2.45) is 0 Å². The van der Waals surface area contributed by atoms with E-state index in [9.17, 15) is 4.79 Å². The summed E-state index contributed by atoms with van der Waals surface area (Å²) in [5, 5.41) is 11.6. The zero-order chi connectivity index (χ0) is 18.9. The van der Waals surface area contributed by atoms with Gasteiger partial charge in [0.15, 0.2) is 5.75 Å². The summed E-state index contributed by atoms with van der Waals surface area (Å²) in [6.07, 6.45) is 2.45. The van der Waals surface area contributed by atoms with Crippen LogP contribution in [-0.2, 0) is 11.3 Å². The predicted octanol–water partition coefficient (Wildman–Crippen LogP) is 1.79. The largest absolute Gasteiger partial charge is 0.484 e. The molecule has 2 aromatic rings. The molecule has 1 unspecified atom stereocenters. The van der Waals surface area contributed by atoms with Gasteiger partial charge in [-0.1, -0.05) is 30.3 Å². The highest BCUT2D eigenvalue weighted by molar-refractivity contribution is 5.68. The zero-order valence-corrected chi connectivity index (χ0v) is 15.2. The number of ether oxygens (including phenoxy) is 2. The van der Waals surface area contributed by atoms with Crippen LogP contribution < -0.4 is 14.8 Å². The second-order valence-corrected chi connectivity index (χ2v) is 6.50. The molecular formula is C20H25N3O4. The van der Waals surface area contributed by atoms with E-state index in [4.69, 9.17) is 14.6 Å². The standard InChI is InChI=1S/C20H25N3O4/c24-19(25)12-21-9-5-11-23(13-16-6-2-1-3-7-16)14-17-15-26-18-8-4-10-22-20(18)27-17/h1-4,6-8,10,17,21H,5,9,11-15H2,(H,24,25). The first-order valence-electron chi connectivity index (χ1n) is 9.14. The number of nitrogens with one attached hydrogen (secondary N) is 1. The minimum Gasteiger partial charge on any atom is -0.484 e. The van der Waals surface area contributed by atoms with Crippen LogP contribution in [0.5, 0.6) is 11.6 Å². The molecule has 0 aliphatic carbocycles. The average Bonchev–Trinajstić information content (AvgIpc) is 2.68. The van der Waals surface area contributed by atoms with Crippen molar-refractivity contribution in [3.63, 3.8) is 0 Å². The molecule has 0 fully saturated rings. The van der Waals surface area contributed by atoms with Gasteiger partial charge in [0.05, 0.1) is 6.54 Å². The fraction of sp³-hybridized carbons (Fsp3) is 0.400. The summed E-state index contributed by atoms with van der Waals surface area (Å²) in [5.74, 6) is 0.382. The molecule has 144 valence electrons. The molecule has 1 aromatic carbocycles. The van der Waals surface area contributed by atoms with Crippen molar-refractivity contribution < 1.29 is 19.4 Å². The minimum absolute atomic E-state index is 0.0132. The molecule has 27 heavy (non-hydrogen) atoms.